The number of carbonyl (C=O) groups excluding carboxylic acids is 1. The van der Waals surface area contributed by atoms with Crippen molar-refractivity contribution in [3.05, 3.63) is 83.8 Å². The van der Waals surface area contributed by atoms with Crippen LogP contribution in [0.2, 0.25) is 0 Å². The van der Waals surface area contributed by atoms with Gasteiger partial charge in [0.15, 0.2) is 0 Å². The van der Waals surface area contributed by atoms with E-state index in [1.165, 1.54) is 11.2 Å². The number of para-hydroxylation sites is 2. The van der Waals surface area contributed by atoms with Crippen LogP contribution < -0.4 is 4.90 Å². The van der Waals surface area contributed by atoms with Gasteiger partial charge in [-0.2, -0.15) is 9.40 Å². The Morgan fingerprint density at radius 3 is 2.59 bits per heavy atom. The van der Waals surface area contributed by atoms with Gasteiger partial charge in [-0.1, -0.05) is 36.4 Å². The molecule has 0 radical (unpaired) electrons. The fourth-order valence-electron chi connectivity index (χ4n) is 4.54. The molecule has 9 heteroatoms. The topological polar surface area (TPSA) is 88.4 Å². The number of pyridine rings is 1. The highest BCUT2D eigenvalue weighted by Gasteiger charge is 2.33. The third kappa shape index (κ3) is 3.86. The van der Waals surface area contributed by atoms with Gasteiger partial charge in [0.05, 0.1) is 17.8 Å². The van der Waals surface area contributed by atoms with Crippen LogP contribution in [-0.2, 0) is 41.4 Å². The van der Waals surface area contributed by atoms with E-state index in [0.29, 0.717) is 24.2 Å². The molecule has 0 bridgehead atoms. The van der Waals surface area contributed by atoms with E-state index >= 15 is 0 Å². The molecule has 0 saturated heterocycles. The zero-order chi connectivity index (χ0) is 23.9. The first kappa shape index (κ1) is 22.2. The Labute approximate surface area is 198 Å². The second kappa shape index (κ2) is 8.66. The number of sulfonamides is 1. The number of hydrogen-bond acceptors (Lipinski definition) is 5. The lowest BCUT2D eigenvalue weighted by Crippen LogP contribution is -2.37. The first-order valence-electron chi connectivity index (χ1n) is 11.1. The minimum absolute atomic E-state index is 0.104. The highest BCUT2D eigenvalue weighted by atomic mass is 32.2. The smallest absolute Gasteiger partial charge is 0.245 e. The van der Waals surface area contributed by atoms with Gasteiger partial charge in [0.1, 0.15) is 4.90 Å². The van der Waals surface area contributed by atoms with Crippen molar-refractivity contribution >= 4 is 32.5 Å². The van der Waals surface area contributed by atoms with Crippen molar-refractivity contribution in [1.29, 1.82) is 0 Å². The normalized spacial score (nSPS) is 14.2. The lowest BCUT2D eigenvalue weighted by molar-refractivity contribution is -0.116. The number of aryl methyl sites for hydroxylation is 1. The van der Waals surface area contributed by atoms with E-state index in [9.17, 15) is 13.2 Å². The van der Waals surface area contributed by atoms with E-state index in [4.69, 9.17) is 0 Å². The Balaban J connectivity index is 1.50. The maximum atomic E-state index is 13.7. The number of anilines is 1. The Bertz CT molecular complexity index is 1480. The van der Waals surface area contributed by atoms with Crippen LogP contribution in [0.1, 0.15) is 23.9 Å². The molecule has 5 rings (SSSR count). The maximum absolute atomic E-state index is 13.7. The summed E-state index contributed by atoms with van der Waals surface area (Å²) in [4.78, 5) is 18.6. The highest BCUT2D eigenvalue weighted by molar-refractivity contribution is 7.89. The molecule has 2 aromatic heterocycles. The van der Waals surface area contributed by atoms with Gasteiger partial charge in [-0.3, -0.25) is 14.5 Å². The Morgan fingerprint density at radius 1 is 1.06 bits per heavy atom. The molecule has 0 N–H and O–H groups in total. The molecule has 0 unspecified atom stereocenters. The molecule has 0 spiro atoms. The van der Waals surface area contributed by atoms with Gasteiger partial charge in [-0.15, -0.1) is 0 Å². The maximum Gasteiger partial charge on any atom is 0.245 e. The quantitative estimate of drug-likeness (QED) is 0.442. The number of rotatable bonds is 5. The van der Waals surface area contributed by atoms with Crippen molar-refractivity contribution in [2.45, 2.75) is 31.3 Å². The van der Waals surface area contributed by atoms with Crippen molar-refractivity contribution in [2.75, 3.05) is 11.4 Å². The number of fused-ring (bicyclic) bond motifs is 2. The predicted molar refractivity (Wildman–Crippen MR) is 130 cm³/mol. The van der Waals surface area contributed by atoms with Crippen molar-refractivity contribution < 1.29 is 13.2 Å². The molecule has 0 atom stereocenters. The van der Waals surface area contributed by atoms with E-state index in [1.54, 1.807) is 34.0 Å². The Kier molecular flexibility index (Phi) is 5.66. The van der Waals surface area contributed by atoms with Gasteiger partial charge in [0.2, 0.25) is 15.9 Å². The first-order valence-corrected chi connectivity index (χ1v) is 12.5. The molecule has 8 nitrogen and oxygen atoms in total. The molecule has 1 aliphatic rings. The van der Waals surface area contributed by atoms with Crippen LogP contribution in [0.25, 0.3) is 10.9 Å². The molecule has 34 heavy (non-hydrogen) atoms. The summed E-state index contributed by atoms with van der Waals surface area (Å²) in [7, 11) is -1.92. The van der Waals surface area contributed by atoms with E-state index in [2.05, 4.69) is 10.1 Å². The molecule has 4 aromatic rings. The van der Waals surface area contributed by atoms with Gasteiger partial charge in [-0.05, 0) is 24.3 Å². The van der Waals surface area contributed by atoms with Crippen LogP contribution in [0.15, 0.2) is 71.8 Å². The zero-order valence-corrected chi connectivity index (χ0v) is 19.9. The van der Waals surface area contributed by atoms with E-state index in [-0.39, 0.29) is 23.9 Å². The molecule has 0 aliphatic carbocycles. The van der Waals surface area contributed by atoms with Crippen LogP contribution in [0.4, 0.5) is 5.69 Å². The summed E-state index contributed by atoms with van der Waals surface area (Å²) in [6.45, 7) is 2.34. The summed E-state index contributed by atoms with van der Waals surface area (Å²) in [6.07, 6.45) is 2.15. The lowest BCUT2D eigenvalue weighted by atomic mass is 10.1. The molecule has 1 aliphatic heterocycles. The van der Waals surface area contributed by atoms with Gasteiger partial charge in [0, 0.05) is 62.0 Å². The van der Waals surface area contributed by atoms with Gasteiger partial charge >= 0.3 is 0 Å². The summed E-state index contributed by atoms with van der Waals surface area (Å²) < 4.78 is 30.6. The summed E-state index contributed by atoms with van der Waals surface area (Å²) in [5.41, 5.74) is 3.79. The van der Waals surface area contributed by atoms with E-state index in [0.717, 1.165) is 22.3 Å². The molecule has 0 fully saturated rings. The molecule has 2 aromatic carbocycles. The second-order valence-corrected chi connectivity index (χ2v) is 10.3. The van der Waals surface area contributed by atoms with Crippen molar-refractivity contribution in [2.24, 2.45) is 7.05 Å². The van der Waals surface area contributed by atoms with Crippen molar-refractivity contribution in [3.63, 3.8) is 0 Å². The van der Waals surface area contributed by atoms with Crippen molar-refractivity contribution in [3.8, 4) is 0 Å². The summed E-state index contributed by atoms with van der Waals surface area (Å²) in [5.74, 6) is -0.104. The SMILES string of the molecule is CC(=O)N(Cc1nn(C)c2c1CN(S(=O)(=O)c1cccc3cccnc13)CC2)c1ccccc1. The number of nitrogens with zero attached hydrogens (tertiary/aromatic N) is 5. The van der Waals surface area contributed by atoms with Gasteiger partial charge < -0.3 is 4.90 Å². The fourth-order valence-corrected chi connectivity index (χ4v) is 6.12. The minimum Gasteiger partial charge on any atom is -0.307 e. The monoisotopic (exact) mass is 475 g/mol. The van der Waals surface area contributed by atoms with Crippen LogP contribution in [0.5, 0.6) is 0 Å². The third-order valence-corrected chi connectivity index (χ3v) is 8.14. The van der Waals surface area contributed by atoms with Crippen molar-refractivity contribution in [1.82, 2.24) is 19.1 Å². The standard InChI is InChI=1S/C25H25N5O3S/c1-18(31)30(20-10-4-3-5-11-20)17-22-21-16-29(15-13-23(21)28(2)27-22)34(32,33)24-12-6-8-19-9-7-14-26-25(19)24/h3-12,14H,13,15-17H2,1-2H3. The third-order valence-electron chi connectivity index (χ3n) is 6.26. The van der Waals surface area contributed by atoms with Gasteiger partial charge in [-0.25, -0.2) is 8.42 Å². The molecular formula is C25H25N5O3S. The highest BCUT2D eigenvalue weighted by Crippen LogP contribution is 2.30. The Morgan fingerprint density at radius 2 is 1.82 bits per heavy atom. The van der Waals surface area contributed by atoms with Crippen LogP contribution in [-0.4, -0.2) is 39.9 Å². The number of aromatic nitrogens is 3. The average Bonchev–Trinajstić information content (AvgIpc) is 3.17. The van der Waals surface area contributed by atoms with E-state index in [1.807, 2.05) is 49.5 Å². The van der Waals surface area contributed by atoms with E-state index < -0.39 is 10.0 Å². The van der Waals surface area contributed by atoms with Gasteiger partial charge in [0.25, 0.3) is 0 Å². The predicted octanol–water partition coefficient (Wildman–Crippen LogP) is 3.27. The largest absolute Gasteiger partial charge is 0.307 e. The first-order chi connectivity index (χ1) is 16.4. The van der Waals surface area contributed by atoms with Crippen LogP contribution in [0.3, 0.4) is 0 Å². The lowest BCUT2D eigenvalue weighted by Gasteiger charge is -2.28. The molecule has 3 heterocycles. The van der Waals surface area contributed by atoms with Crippen LogP contribution in [0, 0.1) is 0 Å². The molecule has 0 saturated carbocycles. The summed E-state index contributed by atoms with van der Waals surface area (Å²) in [6, 6.07) is 18.3. The zero-order valence-electron chi connectivity index (χ0n) is 19.0. The minimum atomic E-state index is -3.78. The number of benzene rings is 2. The molecular weight excluding hydrogens is 450 g/mol. The number of amides is 1. The number of carbonyl (C=O) groups is 1. The van der Waals surface area contributed by atoms with Crippen LogP contribution >= 0.6 is 0 Å². The second-order valence-electron chi connectivity index (χ2n) is 8.36. The Hall–Kier alpha value is -3.56. The summed E-state index contributed by atoms with van der Waals surface area (Å²) >= 11 is 0. The fraction of sp³-hybridized carbons (Fsp3) is 0.240. The number of hydrogen-bond donors (Lipinski definition) is 0. The summed E-state index contributed by atoms with van der Waals surface area (Å²) in [5, 5.41) is 5.45. The average molecular weight is 476 g/mol. The molecule has 174 valence electrons. The molecule has 1 amide bonds.